The Bertz CT molecular complexity index is 518. The molecule has 2 aromatic carbocycles. The Labute approximate surface area is 125 Å². The molecule has 0 bridgehead atoms. The zero-order valence-electron chi connectivity index (χ0n) is 12.7. The maximum Gasteiger partial charge on any atom is 0.129 e. The molecule has 2 nitrogen and oxygen atoms in total. The first-order valence-corrected chi connectivity index (χ1v) is 7.67. The molecule has 3 heteroatoms. The van der Waals surface area contributed by atoms with Crippen molar-refractivity contribution in [1.82, 2.24) is 0 Å². The molecule has 0 amide bonds. The molecule has 0 spiro atoms. The van der Waals surface area contributed by atoms with E-state index in [2.05, 4.69) is 6.07 Å². The summed E-state index contributed by atoms with van der Waals surface area (Å²) in [5.74, 6) is 0.752. The second-order valence-electron chi connectivity index (χ2n) is 4.98. The second-order valence-corrected chi connectivity index (χ2v) is 5.80. The summed E-state index contributed by atoms with van der Waals surface area (Å²) in [6.07, 6.45) is 1.97. The van der Waals surface area contributed by atoms with Crippen LogP contribution in [0.5, 0.6) is 11.5 Å². The minimum Gasteiger partial charge on any atom is -0.508 e. The van der Waals surface area contributed by atoms with E-state index in [0.717, 1.165) is 27.1 Å². The molecular formula is C17H22O2S. The van der Waals surface area contributed by atoms with Crippen LogP contribution < -0.4 is 0 Å². The number of phenols is 2. The quantitative estimate of drug-likeness (QED) is 0.745. The first kappa shape index (κ1) is 16.4. The van der Waals surface area contributed by atoms with Gasteiger partial charge in [-0.05, 0) is 74.4 Å². The Morgan fingerprint density at radius 1 is 0.750 bits per heavy atom. The zero-order chi connectivity index (χ0) is 15.3. The van der Waals surface area contributed by atoms with E-state index in [1.54, 1.807) is 30.0 Å². The molecule has 0 aliphatic rings. The van der Waals surface area contributed by atoms with Crippen LogP contribution in [0, 0.1) is 27.7 Å². The number of thioether (sulfide) groups is 1. The summed E-state index contributed by atoms with van der Waals surface area (Å²) in [6.45, 7) is 7.93. The van der Waals surface area contributed by atoms with Gasteiger partial charge < -0.3 is 10.2 Å². The van der Waals surface area contributed by atoms with Crippen LogP contribution in [0.1, 0.15) is 22.3 Å². The molecule has 2 aromatic rings. The van der Waals surface area contributed by atoms with Gasteiger partial charge in [0.25, 0.3) is 0 Å². The van der Waals surface area contributed by atoms with Gasteiger partial charge in [-0.2, -0.15) is 0 Å². The molecule has 0 heterocycles. The van der Waals surface area contributed by atoms with E-state index in [-0.39, 0.29) is 0 Å². The van der Waals surface area contributed by atoms with Crippen LogP contribution in [0.15, 0.2) is 35.2 Å². The van der Waals surface area contributed by atoms with Crippen LogP contribution in [0.3, 0.4) is 0 Å². The van der Waals surface area contributed by atoms with E-state index in [4.69, 9.17) is 5.11 Å². The van der Waals surface area contributed by atoms with Crippen LogP contribution in [-0.4, -0.2) is 16.5 Å². The van der Waals surface area contributed by atoms with Crippen molar-refractivity contribution in [3.05, 3.63) is 52.6 Å². The Morgan fingerprint density at radius 3 is 1.65 bits per heavy atom. The van der Waals surface area contributed by atoms with Gasteiger partial charge in [0.05, 0.1) is 4.90 Å². The van der Waals surface area contributed by atoms with E-state index in [1.165, 1.54) is 0 Å². The second kappa shape index (κ2) is 7.25. The lowest BCUT2D eigenvalue weighted by atomic mass is 10.1. The van der Waals surface area contributed by atoms with Gasteiger partial charge in [0.15, 0.2) is 0 Å². The normalized spacial score (nSPS) is 9.85. The lowest BCUT2D eigenvalue weighted by Gasteiger charge is -2.05. The maximum absolute atomic E-state index is 9.45. The highest BCUT2D eigenvalue weighted by molar-refractivity contribution is 7.98. The van der Waals surface area contributed by atoms with Crippen molar-refractivity contribution in [2.75, 3.05) is 6.26 Å². The van der Waals surface area contributed by atoms with Crippen molar-refractivity contribution in [3.8, 4) is 11.5 Å². The summed E-state index contributed by atoms with van der Waals surface area (Å²) in [4.78, 5) is 0.982. The Balaban J connectivity index is 0.000000204. The van der Waals surface area contributed by atoms with Crippen molar-refractivity contribution in [3.63, 3.8) is 0 Å². The molecule has 0 atom stereocenters. The highest BCUT2D eigenvalue weighted by Gasteiger charge is 2.03. The highest BCUT2D eigenvalue weighted by atomic mass is 32.2. The fourth-order valence-electron chi connectivity index (χ4n) is 2.15. The minimum atomic E-state index is 0.354. The third-order valence-electron chi connectivity index (χ3n) is 2.81. The Kier molecular flexibility index (Phi) is 5.96. The van der Waals surface area contributed by atoms with Crippen molar-refractivity contribution in [2.45, 2.75) is 32.6 Å². The predicted molar refractivity (Wildman–Crippen MR) is 86.9 cm³/mol. The molecule has 0 aliphatic heterocycles. The van der Waals surface area contributed by atoms with Crippen LogP contribution in [-0.2, 0) is 0 Å². The summed E-state index contributed by atoms with van der Waals surface area (Å²) in [6, 6.07) is 9.38. The monoisotopic (exact) mass is 290 g/mol. The number of benzene rings is 2. The topological polar surface area (TPSA) is 40.5 Å². The van der Waals surface area contributed by atoms with Gasteiger partial charge in [-0.1, -0.05) is 12.1 Å². The zero-order valence-corrected chi connectivity index (χ0v) is 13.5. The predicted octanol–water partition coefficient (Wildman–Crippen LogP) is 4.74. The van der Waals surface area contributed by atoms with Gasteiger partial charge in [-0.15, -0.1) is 11.8 Å². The van der Waals surface area contributed by atoms with Crippen molar-refractivity contribution in [2.24, 2.45) is 0 Å². The summed E-state index contributed by atoms with van der Waals surface area (Å²) < 4.78 is 0. The van der Waals surface area contributed by atoms with Crippen LogP contribution in [0.2, 0.25) is 0 Å². The van der Waals surface area contributed by atoms with Crippen molar-refractivity contribution < 1.29 is 10.2 Å². The van der Waals surface area contributed by atoms with E-state index >= 15 is 0 Å². The average molecular weight is 290 g/mol. The maximum atomic E-state index is 9.45. The summed E-state index contributed by atoms with van der Waals surface area (Å²) in [7, 11) is 0. The SMILES string of the molecule is CSc1c(C)cc(C)cc1O.Cc1cc(C)cc(O)c1. The molecule has 0 radical (unpaired) electrons. The van der Waals surface area contributed by atoms with Gasteiger partial charge in [-0.25, -0.2) is 0 Å². The van der Waals surface area contributed by atoms with Gasteiger partial charge in [0, 0.05) is 0 Å². The number of hydrogen-bond acceptors (Lipinski definition) is 3. The van der Waals surface area contributed by atoms with E-state index in [0.29, 0.717) is 11.5 Å². The fraction of sp³-hybridized carbons (Fsp3) is 0.294. The van der Waals surface area contributed by atoms with Crippen LogP contribution in [0.4, 0.5) is 0 Å². The lowest BCUT2D eigenvalue weighted by Crippen LogP contribution is -1.82. The molecule has 20 heavy (non-hydrogen) atoms. The molecule has 0 unspecified atom stereocenters. The standard InChI is InChI=1S/C9H12OS.C8H10O/c1-6-4-7(2)9(11-3)8(10)5-6;1-6-3-7(2)5-8(9)4-6/h4-5,10H,1-3H3;3-5,9H,1-2H3. The molecule has 0 fully saturated rings. The smallest absolute Gasteiger partial charge is 0.129 e. The molecule has 2 N–H and O–H groups in total. The lowest BCUT2D eigenvalue weighted by molar-refractivity contribution is 0.461. The number of rotatable bonds is 1. The van der Waals surface area contributed by atoms with E-state index in [1.807, 2.05) is 40.0 Å². The number of hydrogen-bond donors (Lipinski definition) is 2. The summed E-state index contributed by atoms with van der Waals surface area (Å²) in [5, 5.41) is 18.4. The molecule has 0 aliphatic carbocycles. The molecule has 0 saturated heterocycles. The number of aryl methyl sites for hydroxylation is 4. The summed E-state index contributed by atoms with van der Waals surface area (Å²) in [5.41, 5.74) is 4.47. The van der Waals surface area contributed by atoms with Gasteiger partial charge in [0.2, 0.25) is 0 Å². The van der Waals surface area contributed by atoms with Crippen LogP contribution in [0.25, 0.3) is 0 Å². The Morgan fingerprint density at radius 2 is 1.25 bits per heavy atom. The minimum absolute atomic E-state index is 0.354. The molecule has 0 saturated carbocycles. The molecule has 108 valence electrons. The number of aromatic hydroxyl groups is 2. The molecular weight excluding hydrogens is 268 g/mol. The third-order valence-corrected chi connectivity index (χ3v) is 3.75. The largest absolute Gasteiger partial charge is 0.508 e. The van der Waals surface area contributed by atoms with Gasteiger partial charge >= 0.3 is 0 Å². The first-order chi connectivity index (χ1) is 9.33. The van der Waals surface area contributed by atoms with Crippen molar-refractivity contribution in [1.29, 1.82) is 0 Å². The van der Waals surface area contributed by atoms with Crippen LogP contribution >= 0.6 is 11.8 Å². The Hall–Kier alpha value is -1.61. The highest BCUT2D eigenvalue weighted by Crippen LogP contribution is 2.30. The number of phenolic OH excluding ortho intramolecular Hbond substituents is 2. The average Bonchev–Trinajstić information content (AvgIpc) is 2.26. The first-order valence-electron chi connectivity index (χ1n) is 6.45. The summed E-state index contributed by atoms with van der Waals surface area (Å²) >= 11 is 1.58. The molecule has 0 aromatic heterocycles. The fourth-order valence-corrected chi connectivity index (χ4v) is 2.80. The van der Waals surface area contributed by atoms with Crippen molar-refractivity contribution >= 4 is 11.8 Å². The van der Waals surface area contributed by atoms with Gasteiger partial charge in [0.1, 0.15) is 11.5 Å². The molecule has 2 rings (SSSR count). The third kappa shape index (κ3) is 4.82. The van der Waals surface area contributed by atoms with E-state index in [9.17, 15) is 5.11 Å². The van der Waals surface area contributed by atoms with Gasteiger partial charge in [-0.3, -0.25) is 0 Å². The van der Waals surface area contributed by atoms with E-state index < -0.39 is 0 Å².